The van der Waals surface area contributed by atoms with Crippen LogP contribution in [0.3, 0.4) is 0 Å². The number of rotatable bonds is 8. The van der Waals surface area contributed by atoms with E-state index < -0.39 is 35.2 Å². The number of alkyl halides is 6. The normalized spacial score (nSPS) is 16.6. The molecule has 2 aliphatic carbocycles. The Kier molecular flexibility index (Phi) is 13.9. The summed E-state index contributed by atoms with van der Waals surface area (Å²) < 4.78 is 98.8. The molecule has 2 saturated carbocycles. The van der Waals surface area contributed by atoms with Crippen molar-refractivity contribution in [3.8, 4) is 11.5 Å². The Morgan fingerprint density at radius 1 is 0.667 bits per heavy atom. The third-order valence-corrected chi connectivity index (χ3v) is 11.6. The molecule has 60 heavy (non-hydrogen) atoms. The number of halogens is 7. The molecular weight excluding hydrogens is 806 g/mol. The molecule has 2 fully saturated rings. The van der Waals surface area contributed by atoms with Crippen molar-refractivity contribution in [2.75, 3.05) is 23.3 Å². The molecule has 0 spiro atoms. The highest BCUT2D eigenvalue weighted by atomic mass is 35.5. The summed E-state index contributed by atoms with van der Waals surface area (Å²) >= 11 is 0. The lowest BCUT2D eigenvalue weighted by Crippen LogP contribution is -2.35. The molecule has 2 aliphatic heterocycles. The van der Waals surface area contributed by atoms with Gasteiger partial charge in [-0.2, -0.15) is 26.3 Å². The monoisotopic (exact) mass is 858 g/mol. The van der Waals surface area contributed by atoms with Crippen LogP contribution in [0.4, 0.5) is 42.5 Å². The summed E-state index contributed by atoms with van der Waals surface area (Å²) in [5, 5.41) is 3.28. The topological polar surface area (TPSA) is 60.0 Å². The number of amides is 1. The largest absolute Gasteiger partial charge is 0.489 e. The SMILES string of the molecule is CC(C)(C)OC(=O)N1CCc2cc(OCc3ccc(C4CCCC4)c(C(F)(F)F)c3)ccc21.Cl.FC(F)(F)c1cc(COc2ccc3c(c2)CCN3)ccc1C1CCCC1. The first-order valence-electron chi connectivity index (χ1n) is 20.7. The van der Waals surface area contributed by atoms with Crippen molar-refractivity contribution in [3.05, 3.63) is 117 Å². The molecule has 4 aliphatic rings. The predicted molar refractivity (Wildman–Crippen MR) is 224 cm³/mol. The van der Waals surface area contributed by atoms with Crippen LogP contribution in [0.15, 0.2) is 72.8 Å². The number of benzene rings is 4. The Hall–Kier alpha value is -4.58. The predicted octanol–water partition coefficient (Wildman–Crippen LogP) is 13.6. The first-order valence-corrected chi connectivity index (χ1v) is 20.7. The van der Waals surface area contributed by atoms with E-state index in [1.807, 2.05) is 45.0 Å². The molecule has 2 heterocycles. The second kappa shape index (κ2) is 18.6. The van der Waals surface area contributed by atoms with Gasteiger partial charge in [0.05, 0.1) is 16.8 Å². The van der Waals surface area contributed by atoms with Gasteiger partial charge in [0.15, 0.2) is 0 Å². The number of fused-ring (bicyclic) bond motifs is 2. The summed E-state index contributed by atoms with van der Waals surface area (Å²) in [6.07, 6.45) is -0.169. The summed E-state index contributed by atoms with van der Waals surface area (Å²) in [7, 11) is 0. The van der Waals surface area contributed by atoms with Crippen LogP contribution in [0, 0.1) is 0 Å². The van der Waals surface area contributed by atoms with Crippen LogP contribution in [-0.2, 0) is 43.1 Å². The van der Waals surface area contributed by atoms with Crippen LogP contribution in [0.1, 0.15) is 128 Å². The first-order chi connectivity index (χ1) is 28.0. The van der Waals surface area contributed by atoms with Crippen molar-refractivity contribution in [2.45, 2.75) is 128 Å². The van der Waals surface area contributed by atoms with Crippen molar-refractivity contribution >= 4 is 29.9 Å². The third kappa shape index (κ3) is 11.0. The van der Waals surface area contributed by atoms with Gasteiger partial charge in [-0.25, -0.2) is 4.79 Å². The van der Waals surface area contributed by atoms with E-state index in [0.717, 1.165) is 81.3 Å². The third-order valence-electron chi connectivity index (χ3n) is 11.6. The van der Waals surface area contributed by atoms with Crippen LogP contribution in [-0.4, -0.2) is 24.8 Å². The summed E-state index contributed by atoms with van der Waals surface area (Å²) in [4.78, 5) is 14.0. The summed E-state index contributed by atoms with van der Waals surface area (Å²) in [5.41, 5.74) is 4.30. The Labute approximate surface area is 354 Å². The van der Waals surface area contributed by atoms with E-state index in [1.165, 1.54) is 17.7 Å². The zero-order valence-electron chi connectivity index (χ0n) is 34.2. The standard InChI is InChI=1S/C26H30F3NO3.C21H22F3NO.ClH/c1-25(2,3)33-24(31)30-13-12-19-15-20(9-11-23(19)30)32-16-17-8-10-21(18-6-4-5-7-18)22(14-17)26(27,28)29;22-21(23,24)19-11-14(5-7-18(19)15-3-1-2-4-15)13-26-17-6-8-20-16(12-17)9-10-25-20;/h8-11,14-15,18H,4-7,12-13,16H2,1-3H3;5-8,11-12,15,25H,1-4,9-10,13H2;1H. The molecule has 6 nitrogen and oxygen atoms in total. The molecular formula is C47H53ClF6N2O4. The fourth-order valence-corrected chi connectivity index (χ4v) is 8.74. The molecule has 0 aromatic heterocycles. The lowest BCUT2D eigenvalue weighted by Gasteiger charge is -2.24. The Balaban J connectivity index is 0.000000203. The number of hydrogen-bond acceptors (Lipinski definition) is 5. The highest BCUT2D eigenvalue weighted by Gasteiger charge is 2.37. The molecule has 13 heteroatoms. The lowest BCUT2D eigenvalue weighted by atomic mass is 9.91. The minimum atomic E-state index is -4.38. The van der Waals surface area contributed by atoms with E-state index in [0.29, 0.717) is 46.7 Å². The van der Waals surface area contributed by atoms with Gasteiger partial charge in [-0.15, -0.1) is 12.4 Å². The fraction of sp³-hybridized carbons (Fsp3) is 0.468. The van der Waals surface area contributed by atoms with E-state index in [2.05, 4.69) is 5.32 Å². The Morgan fingerprint density at radius 2 is 1.17 bits per heavy atom. The van der Waals surface area contributed by atoms with E-state index in [4.69, 9.17) is 14.2 Å². The maximum Gasteiger partial charge on any atom is 0.416 e. The van der Waals surface area contributed by atoms with Gasteiger partial charge in [0.2, 0.25) is 0 Å². The van der Waals surface area contributed by atoms with Crippen LogP contribution < -0.4 is 19.7 Å². The molecule has 0 atom stereocenters. The molecule has 1 amide bonds. The molecule has 0 saturated heterocycles. The first kappa shape index (κ1) is 45.0. The molecule has 4 aromatic carbocycles. The number of ether oxygens (including phenoxy) is 3. The van der Waals surface area contributed by atoms with Crippen LogP contribution >= 0.6 is 12.4 Å². The highest BCUT2D eigenvalue weighted by Crippen LogP contribution is 2.44. The van der Waals surface area contributed by atoms with Crippen molar-refractivity contribution in [1.29, 1.82) is 0 Å². The average Bonchev–Trinajstić information content (AvgIpc) is 4.03. The van der Waals surface area contributed by atoms with Crippen molar-refractivity contribution in [1.82, 2.24) is 0 Å². The quantitative estimate of drug-likeness (QED) is 0.179. The van der Waals surface area contributed by atoms with Gasteiger partial charge in [-0.3, -0.25) is 4.90 Å². The molecule has 0 radical (unpaired) electrons. The number of nitrogens with one attached hydrogen (secondary N) is 1. The van der Waals surface area contributed by atoms with Crippen molar-refractivity contribution in [2.24, 2.45) is 0 Å². The number of nitrogens with zero attached hydrogens (tertiary/aromatic N) is 1. The zero-order chi connectivity index (χ0) is 42.0. The minimum Gasteiger partial charge on any atom is -0.489 e. The second-order valence-electron chi connectivity index (χ2n) is 17.0. The van der Waals surface area contributed by atoms with E-state index in [9.17, 15) is 31.1 Å². The smallest absolute Gasteiger partial charge is 0.416 e. The van der Waals surface area contributed by atoms with Gasteiger partial charge >= 0.3 is 18.4 Å². The Bertz CT molecular complexity index is 2120. The molecule has 8 rings (SSSR count). The summed E-state index contributed by atoms with van der Waals surface area (Å²) in [5.74, 6) is 1.28. The lowest BCUT2D eigenvalue weighted by molar-refractivity contribution is -0.139. The van der Waals surface area contributed by atoms with Crippen molar-refractivity contribution < 1.29 is 45.3 Å². The van der Waals surface area contributed by atoms with Gasteiger partial charge in [0, 0.05) is 18.8 Å². The van der Waals surface area contributed by atoms with Gasteiger partial charge in [-0.1, -0.05) is 49.9 Å². The molecule has 324 valence electrons. The van der Waals surface area contributed by atoms with Gasteiger partial charge in [-0.05, 0) is 153 Å². The zero-order valence-corrected chi connectivity index (χ0v) is 35.1. The molecule has 0 unspecified atom stereocenters. The van der Waals surface area contributed by atoms with Gasteiger partial charge < -0.3 is 19.5 Å². The van der Waals surface area contributed by atoms with Crippen LogP contribution in [0.5, 0.6) is 11.5 Å². The fourth-order valence-electron chi connectivity index (χ4n) is 8.74. The van der Waals surface area contributed by atoms with Crippen molar-refractivity contribution in [3.63, 3.8) is 0 Å². The Morgan fingerprint density at radius 3 is 1.67 bits per heavy atom. The average molecular weight is 859 g/mol. The minimum absolute atomic E-state index is 0. The summed E-state index contributed by atoms with van der Waals surface area (Å²) in [6.45, 7) is 7.08. The van der Waals surface area contributed by atoms with Crippen LogP contribution in [0.25, 0.3) is 0 Å². The number of carbonyl (C=O) groups excluding carboxylic acids is 1. The van der Waals surface area contributed by atoms with Gasteiger partial charge in [0.25, 0.3) is 0 Å². The molecule has 4 aromatic rings. The number of anilines is 2. The maximum absolute atomic E-state index is 13.7. The summed E-state index contributed by atoms with van der Waals surface area (Å²) in [6, 6.07) is 20.4. The maximum atomic E-state index is 13.7. The molecule has 0 bridgehead atoms. The number of carbonyl (C=O) groups is 1. The van der Waals surface area contributed by atoms with E-state index in [1.54, 1.807) is 41.3 Å². The number of hydrogen-bond donors (Lipinski definition) is 1. The van der Waals surface area contributed by atoms with Crippen LogP contribution in [0.2, 0.25) is 0 Å². The highest BCUT2D eigenvalue weighted by molar-refractivity contribution is 5.90. The second-order valence-corrected chi connectivity index (χ2v) is 17.0. The molecule has 1 N–H and O–H groups in total. The van der Waals surface area contributed by atoms with E-state index in [-0.39, 0.29) is 37.5 Å². The van der Waals surface area contributed by atoms with E-state index >= 15 is 0 Å². The van der Waals surface area contributed by atoms with Gasteiger partial charge in [0.1, 0.15) is 30.3 Å².